The molecule has 1 aromatic rings. The first kappa shape index (κ1) is 20.4. The zero-order chi connectivity index (χ0) is 12.4. The van der Waals surface area contributed by atoms with Crippen molar-refractivity contribution >= 4 is 23.1 Å². The van der Waals surface area contributed by atoms with Crippen LogP contribution in [0.25, 0.3) is 0 Å². The number of rotatable bonds is 2. The summed E-state index contributed by atoms with van der Waals surface area (Å²) in [4.78, 5) is 0. The smallest absolute Gasteiger partial charge is 1.00 e. The minimum atomic E-state index is -0.211. The van der Waals surface area contributed by atoms with E-state index < -0.39 is 0 Å². The normalized spacial score (nSPS) is 11.0. The summed E-state index contributed by atoms with van der Waals surface area (Å²) in [5, 5.41) is 0. The van der Waals surface area contributed by atoms with Crippen molar-refractivity contribution in [2.45, 2.75) is 52.7 Å². The number of ether oxygens (including phenoxy) is 2. The van der Waals surface area contributed by atoms with E-state index in [2.05, 4.69) is 6.07 Å². The van der Waals surface area contributed by atoms with Gasteiger partial charge in [-0.2, -0.15) is 6.07 Å². The van der Waals surface area contributed by atoms with Gasteiger partial charge in [0, 0.05) is 11.5 Å². The van der Waals surface area contributed by atoms with Crippen LogP contribution in [-0.4, -0.2) is 34.3 Å². The zero-order valence-corrected chi connectivity index (χ0v) is 15.1. The topological polar surface area (TPSA) is 18.5 Å². The second-order valence-corrected chi connectivity index (χ2v) is 5.82. The van der Waals surface area contributed by atoms with Gasteiger partial charge in [0.2, 0.25) is 0 Å². The quantitative estimate of drug-likeness (QED) is 0.581. The molecule has 1 aromatic carbocycles. The molecule has 18 heavy (non-hydrogen) atoms. The largest absolute Gasteiger partial charge is 2.00 e. The Kier molecular flexibility index (Phi) is 8.61. The van der Waals surface area contributed by atoms with Gasteiger partial charge in [0.15, 0.2) is 0 Å². The van der Waals surface area contributed by atoms with E-state index in [0.29, 0.717) is 5.75 Å². The van der Waals surface area contributed by atoms with Crippen molar-refractivity contribution in [3.8, 4) is 11.5 Å². The Morgan fingerprint density at radius 2 is 1.44 bits per heavy atom. The molecule has 0 aliphatic rings. The average Bonchev–Trinajstić information content (AvgIpc) is 1.96. The molecule has 0 radical (unpaired) electrons. The van der Waals surface area contributed by atoms with E-state index in [4.69, 9.17) is 9.47 Å². The van der Waals surface area contributed by atoms with Crippen LogP contribution in [0.4, 0.5) is 0 Å². The van der Waals surface area contributed by atoms with Crippen LogP contribution in [0.1, 0.15) is 41.5 Å². The average molecular weight is 326 g/mol. The third-order valence-corrected chi connectivity index (χ3v) is 1.59. The van der Waals surface area contributed by atoms with Crippen molar-refractivity contribution in [1.29, 1.82) is 0 Å². The minimum absolute atomic E-state index is 0. The van der Waals surface area contributed by atoms with E-state index in [1.54, 1.807) is 0 Å². The second-order valence-electron chi connectivity index (χ2n) is 5.82. The van der Waals surface area contributed by atoms with Crippen LogP contribution >= 0.6 is 0 Å². The predicted molar refractivity (Wildman–Crippen MR) is 71.8 cm³/mol. The summed E-state index contributed by atoms with van der Waals surface area (Å²) in [5.41, 5.74) is -0.406. The Morgan fingerprint density at radius 3 is 1.89 bits per heavy atom. The van der Waals surface area contributed by atoms with E-state index in [0.717, 1.165) is 5.75 Å². The van der Waals surface area contributed by atoms with E-state index in [-0.39, 0.29) is 51.2 Å². The van der Waals surface area contributed by atoms with Crippen LogP contribution < -0.4 is 26.5 Å². The second kappa shape index (κ2) is 7.61. The molecule has 0 heterocycles. The molecule has 0 saturated heterocycles. The van der Waals surface area contributed by atoms with Gasteiger partial charge in [-0.25, -0.2) is 0 Å². The van der Waals surface area contributed by atoms with Gasteiger partial charge in [0.05, 0.1) is 11.2 Å². The molecule has 1 rings (SSSR count). The monoisotopic (exact) mass is 324 g/mol. The van der Waals surface area contributed by atoms with Crippen LogP contribution in [0, 0.1) is 6.07 Å². The Morgan fingerprint density at radius 1 is 0.944 bits per heavy atom. The Bertz CT molecular complexity index is 322. The molecule has 4 heteroatoms. The predicted octanol–water partition coefficient (Wildman–Crippen LogP) is 0.465. The fraction of sp³-hybridized carbons (Fsp3) is 0.571. The number of benzene rings is 1. The Hall–Kier alpha value is 0.0662. The van der Waals surface area contributed by atoms with Crippen LogP contribution in [0.2, 0.25) is 0 Å². The van der Waals surface area contributed by atoms with Gasteiger partial charge in [0.25, 0.3) is 0 Å². The van der Waals surface area contributed by atoms with Crippen molar-refractivity contribution in [1.82, 2.24) is 0 Å². The molecule has 0 amide bonds. The van der Waals surface area contributed by atoms with Crippen molar-refractivity contribution in [2.24, 2.45) is 0 Å². The summed E-state index contributed by atoms with van der Waals surface area (Å²) in [7, 11) is 0. The van der Waals surface area contributed by atoms with Crippen LogP contribution in [-0.2, 0) is 0 Å². The summed E-state index contributed by atoms with van der Waals surface area (Å²) >= 11 is 0. The molecule has 0 fully saturated rings. The Labute approximate surface area is 137 Å². The summed E-state index contributed by atoms with van der Waals surface area (Å²) in [5.74, 6) is 1.53. The SMILES string of the molecule is CC(C)(C)Oc1[c-]ccc(OC(C)(C)C)c1.[Br-].[Mg+2]. The van der Waals surface area contributed by atoms with Crippen LogP contribution in [0.3, 0.4) is 0 Å². The molecule has 0 aliphatic heterocycles. The molecule has 0 atom stereocenters. The summed E-state index contributed by atoms with van der Waals surface area (Å²) < 4.78 is 11.5. The van der Waals surface area contributed by atoms with E-state index >= 15 is 0 Å². The first-order valence-electron chi connectivity index (χ1n) is 5.55. The maximum absolute atomic E-state index is 5.76. The van der Waals surface area contributed by atoms with E-state index in [9.17, 15) is 0 Å². The molecule has 0 aliphatic carbocycles. The third-order valence-electron chi connectivity index (χ3n) is 1.59. The molecule has 0 unspecified atom stereocenters. The fourth-order valence-electron chi connectivity index (χ4n) is 1.23. The summed E-state index contributed by atoms with van der Waals surface area (Å²) in [6.07, 6.45) is 0. The summed E-state index contributed by atoms with van der Waals surface area (Å²) in [6.45, 7) is 12.1. The maximum Gasteiger partial charge on any atom is 2.00 e. The number of halogens is 1. The molecule has 0 saturated carbocycles. The van der Waals surface area contributed by atoms with Crippen LogP contribution in [0.15, 0.2) is 18.2 Å². The van der Waals surface area contributed by atoms with Gasteiger partial charge in [-0.3, -0.25) is 0 Å². The Balaban J connectivity index is 0. The molecule has 98 valence electrons. The molecule has 0 N–H and O–H groups in total. The van der Waals surface area contributed by atoms with Crippen molar-refractivity contribution in [3.05, 3.63) is 24.3 Å². The van der Waals surface area contributed by atoms with Crippen molar-refractivity contribution in [2.75, 3.05) is 0 Å². The van der Waals surface area contributed by atoms with Crippen molar-refractivity contribution < 1.29 is 26.5 Å². The molecular weight excluding hydrogens is 304 g/mol. The zero-order valence-electron chi connectivity index (χ0n) is 12.1. The van der Waals surface area contributed by atoms with Gasteiger partial charge in [-0.1, -0.05) is 6.07 Å². The van der Waals surface area contributed by atoms with Gasteiger partial charge in [0.1, 0.15) is 0 Å². The maximum atomic E-state index is 5.76. The molecule has 2 nitrogen and oxygen atoms in total. The molecular formula is C14H21BrMgO2. The fourth-order valence-corrected chi connectivity index (χ4v) is 1.23. The summed E-state index contributed by atoms with van der Waals surface area (Å²) in [6, 6.07) is 8.63. The van der Waals surface area contributed by atoms with Gasteiger partial charge >= 0.3 is 23.1 Å². The van der Waals surface area contributed by atoms with E-state index in [1.165, 1.54) is 0 Å². The first-order valence-corrected chi connectivity index (χ1v) is 5.55. The minimum Gasteiger partial charge on any atom is -1.00 e. The van der Waals surface area contributed by atoms with Gasteiger partial charge in [-0.05, 0) is 41.5 Å². The molecule has 0 aromatic heterocycles. The number of hydrogen-bond acceptors (Lipinski definition) is 2. The van der Waals surface area contributed by atoms with Crippen molar-refractivity contribution in [3.63, 3.8) is 0 Å². The van der Waals surface area contributed by atoms with E-state index in [1.807, 2.05) is 59.7 Å². The third kappa shape index (κ3) is 9.06. The number of hydrogen-bond donors (Lipinski definition) is 0. The van der Waals surface area contributed by atoms with Crippen LogP contribution in [0.5, 0.6) is 11.5 Å². The first-order chi connectivity index (χ1) is 7.16. The molecule has 0 bridgehead atoms. The van der Waals surface area contributed by atoms with Gasteiger partial charge < -0.3 is 26.5 Å². The molecule has 0 spiro atoms. The van der Waals surface area contributed by atoms with Gasteiger partial charge in [-0.15, -0.1) is 12.1 Å². The standard InChI is InChI=1S/C14H21O2.BrH.Mg/c1-13(2,3)15-11-8-7-9-12(10-11)16-14(4,5)6;;/h7-8,10H,1-6H3;1H;/q-1;;+2/p-1.